The number of para-hydroxylation sites is 2. The summed E-state index contributed by atoms with van der Waals surface area (Å²) in [5.41, 5.74) is 16.6. The first kappa shape index (κ1) is 39.5. The number of hydrogen-bond donors (Lipinski definition) is 1. The van der Waals surface area contributed by atoms with Crippen molar-refractivity contribution in [2.45, 2.75) is 25.4 Å². The third-order valence-electron chi connectivity index (χ3n) is 13.6. The molecule has 4 heterocycles. The molecule has 1 atom stereocenters. The van der Waals surface area contributed by atoms with Gasteiger partial charge in [-0.25, -0.2) is 15.0 Å². The highest BCUT2D eigenvalue weighted by molar-refractivity contribution is 6.18. The molecule has 0 spiro atoms. The van der Waals surface area contributed by atoms with Crippen LogP contribution in [0.25, 0.3) is 61.2 Å². The van der Waals surface area contributed by atoms with Crippen LogP contribution in [0.1, 0.15) is 47.8 Å². The van der Waals surface area contributed by atoms with Crippen molar-refractivity contribution in [2.24, 2.45) is 9.98 Å². The molecule has 7 heteroatoms. The number of aliphatic imine (C=N–C) groups is 2. The van der Waals surface area contributed by atoms with E-state index in [9.17, 15) is 0 Å². The minimum absolute atomic E-state index is 0.238. The summed E-state index contributed by atoms with van der Waals surface area (Å²) >= 11 is 0. The first-order chi connectivity index (χ1) is 33.5. The van der Waals surface area contributed by atoms with Gasteiger partial charge in [0.2, 0.25) is 5.89 Å². The van der Waals surface area contributed by atoms with Gasteiger partial charge in [0.1, 0.15) is 17.5 Å². The second-order valence-corrected chi connectivity index (χ2v) is 18.1. The third kappa shape index (κ3) is 6.46. The van der Waals surface area contributed by atoms with Crippen molar-refractivity contribution >= 4 is 61.6 Å². The summed E-state index contributed by atoms with van der Waals surface area (Å²) in [6.07, 6.45) is -0.315. The molecule has 9 aromatic carbocycles. The molecule has 0 fully saturated rings. The van der Waals surface area contributed by atoms with Crippen molar-refractivity contribution in [1.82, 2.24) is 14.9 Å². The fourth-order valence-electron chi connectivity index (χ4n) is 10.3. The molecule has 1 unspecified atom stereocenters. The standard InChI is InChI=1S/C61H44N6O/c1-61(2)49-28-15-16-29-53(49)66(45-25-13-6-14-26-45)54-35-31-43(38-50(54)61)42-30-34-52-48(37-42)47-32-33-51-56(68-60(62-51)41-22-11-5-12-23-41)55(47)67(52)46-27-17-24-44(36-46)59-64-57(39-18-7-3-8-19-39)63-58(65-59)40-20-9-4-10-21-40/h3-38,57H,1-2H3,(H,63,64,65). The van der Waals surface area contributed by atoms with Crippen molar-refractivity contribution in [3.8, 4) is 28.3 Å². The number of amidine groups is 2. The van der Waals surface area contributed by atoms with Crippen LogP contribution in [0.15, 0.2) is 233 Å². The van der Waals surface area contributed by atoms with E-state index in [1.807, 2.05) is 66.7 Å². The summed E-state index contributed by atoms with van der Waals surface area (Å²) in [5.74, 6) is 2.01. The number of aromatic nitrogens is 2. The Morgan fingerprint density at radius 3 is 1.96 bits per heavy atom. The third-order valence-corrected chi connectivity index (χ3v) is 13.6. The Bertz CT molecular complexity index is 3800. The first-order valence-electron chi connectivity index (χ1n) is 23.1. The lowest BCUT2D eigenvalue weighted by atomic mass is 9.73. The summed E-state index contributed by atoms with van der Waals surface area (Å²) < 4.78 is 9.14. The maximum Gasteiger partial charge on any atom is 0.227 e. The normalized spacial score (nSPS) is 15.1. The Hall–Kier alpha value is -8.81. The Morgan fingerprint density at radius 2 is 1.16 bits per heavy atom. The van der Waals surface area contributed by atoms with Crippen molar-refractivity contribution in [1.29, 1.82) is 0 Å². The van der Waals surface area contributed by atoms with E-state index in [0.717, 1.165) is 83.5 Å². The lowest BCUT2D eigenvalue weighted by Gasteiger charge is -2.42. The molecule has 0 aliphatic carbocycles. The van der Waals surface area contributed by atoms with E-state index in [4.69, 9.17) is 19.4 Å². The monoisotopic (exact) mass is 876 g/mol. The Morgan fingerprint density at radius 1 is 0.515 bits per heavy atom. The molecule has 2 aliphatic rings. The van der Waals surface area contributed by atoms with E-state index >= 15 is 0 Å². The van der Waals surface area contributed by atoms with Crippen LogP contribution in [0, 0.1) is 0 Å². The summed E-state index contributed by atoms with van der Waals surface area (Å²) in [6.45, 7) is 4.69. The fourth-order valence-corrected chi connectivity index (χ4v) is 10.3. The summed E-state index contributed by atoms with van der Waals surface area (Å²) in [6, 6.07) is 76.9. The van der Waals surface area contributed by atoms with Gasteiger partial charge in [-0.15, -0.1) is 0 Å². The Labute approximate surface area is 394 Å². The number of hydrogen-bond acceptors (Lipinski definition) is 6. The molecular weight excluding hydrogens is 833 g/mol. The van der Waals surface area contributed by atoms with E-state index < -0.39 is 0 Å². The predicted octanol–water partition coefficient (Wildman–Crippen LogP) is 14.9. The molecule has 11 aromatic rings. The van der Waals surface area contributed by atoms with Gasteiger partial charge >= 0.3 is 0 Å². The quantitative estimate of drug-likeness (QED) is 0.173. The maximum absolute atomic E-state index is 6.82. The molecule has 0 saturated heterocycles. The fraction of sp³-hybridized carbons (Fsp3) is 0.0656. The highest BCUT2D eigenvalue weighted by Crippen LogP contribution is 2.53. The van der Waals surface area contributed by atoms with Gasteiger partial charge in [-0.2, -0.15) is 0 Å². The van der Waals surface area contributed by atoms with Crippen LogP contribution in [0.2, 0.25) is 0 Å². The van der Waals surface area contributed by atoms with Crippen LogP contribution >= 0.6 is 0 Å². The van der Waals surface area contributed by atoms with Crippen LogP contribution in [0.3, 0.4) is 0 Å². The number of rotatable bonds is 7. The van der Waals surface area contributed by atoms with Gasteiger partial charge in [-0.1, -0.05) is 153 Å². The zero-order valence-corrected chi connectivity index (χ0v) is 37.5. The van der Waals surface area contributed by atoms with Gasteiger partial charge in [0.05, 0.1) is 22.4 Å². The van der Waals surface area contributed by atoms with Crippen molar-refractivity contribution < 1.29 is 4.42 Å². The molecule has 0 radical (unpaired) electrons. The van der Waals surface area contributed by atoms with Crippen LogP contribution < -0.4 is 10.2 Å². The highest BCUT2D eigenvalue weighted by atomic mass is 16.3. The lowest BCUT2D eigenvalue weighted by Crippen LogP contribution is -2.33. The number of benzene rings is 9. The zero-order chi connectivity index (χ0) is 45.3. The molecule has 2 aliphatic heterocycles. The largest absolute Gasteiger partial charge is 0.434 e. The molecule has 324 valence electrons. The van der Waals surface area contributed by atoms with Crippen molar-refractivity contribution in [3.05, 3.63) is 246 Å². The van der Waals surface area contributed by atoms with Crippen LogP contribution in [-0.4, -0.2) is 21.2 Å². The number of nitrogens with zero attached hydrogens (tertiary/aromatic N) is 5. The van der Waals surface area contributed by atoms with E-state index in [1.54, 1.807) is 0 Å². The topological polar surface area (TPSA) is 71.0 Å². The van der Waals surface area contributed by atoms with E-state index in [0.29, 0.717) is 11.7 Å². The Balaban J connectivity index is 0.993. The van der Waals surface area contributed by atoms with Crippen molar-refractivity contribution in [2.75, 3.05) is 4.90 Å². The molecule has 13 rings (SSSR count). The summed E-state index contributed by atoms with van der Waals surface area (Å²) in [4.78, 5) is 17.8. The molecule has 1 N–H and O–H groups in total. The van der Waals surface area contributed by atoms with E-state index in [-0.39, 0.29) is 11.6 Å². The zero-order valence-electron chi connectivity index (χ0n) is 37.5. The summed E-state index contributed by atoms with van der Waals surface area (Å²) in [5, 5.41) is 5.79. The number of nitrogens with one attached hydrogen (secondary N) is 1. The number of oxazole rings is 1. The second-order valence-electron chi connectivity index (χ2n) is 18.1. The SMILES string of the molecule is CC1(C)c2ccccc2N(c2ccccc2)c2ccc(-c3ccc4c(c3)c3ccc5nc(-c6ccccc6)oc5c3n4-c3cccc(C4=NC(c5ccccc5)NC(c5ccccc5)=N4)c3)cc21. The van der Waals surface area contributed by atoms with Gasteiger partial charge in [0.15, 0.2) is 11.4 Å². The van der Waals surface area contributed by atoms with Gasteiger partial charge in [-0.05, 0) is 107 Å². The van der Waals surface area contributed by atoms with Gasteiger partial charge in [-0.3, -0.25) is 0 Å². The molecule has 0 saturated carbocycles. The molecular formula is C61H44N6O. The minimum atomic E-state index is -0.315. The van der Waals surface area contributed by atoms with E-state index in [1.165, 1.54) is 22.5 Å². The van der Waals surface area contributed by atoms with Gasteiger partial charge in [0, 0.05) is 44.3 Å². The van der Waals surface area contributed by atoms with Gasteiger partial charge in [0.25, 0.3) is 0 Å². The highest BCUT2D eigenvalue weighted by Gasteiger charge is 2.37. The Kier molecular flexibility index (Phi) is 9.12. The molecule has 0 bridgehead atoms. The molecule has 7 nitrogen and oxygen atoms in total. The summed E-state index contributed by atoms with van der Waals surface area (Å²) in [7, 11) is 0. The maximum atomic E-state index is 6.82. The second kappa shape index (κ2) is 15.7. The minimum Gasteiger partial charge on any atom is -0.434 e. The van der Waals surface area contributed by atoms with E-state index in [2.05, 4.69) is 180 Å². The van der Waals surface area contributed by atoms with Crippen LogP contribution in [-0.2, 0) is 5.41 Å². The smallest absolute Gasteiger partial charge is 0.227 e. The number of fused-ring (bicyclic) bond motifs is 7. The molecule has 2 aromatic heterocycles. The van der Waals surface area contributed by atoms with Crippen LogP contribution in [0.4, 0.5) is 17.1 Å². The van der Waals surface area contributed by atoms with Crippen LogP contribution in [0.5, 0.6) is 0 Å². The molecule has 0 amide bonds. The number of anilines is 3. The predicted molar refractivity (Wildman–Crippen MR) is 278 cm³/mol. The molecule has 68 heavy (non-hydrogen) atoms. The lowest BCUT2D eigenvalue weighted by molar-refractivity contribution is 0.621. The average molecular weight is 877 g/mol. The van der Waals surface area contributed by atoms with Gasteiger partial charge < -0.3 is 19.2 Å². The first-order valence-corrected chi connectivity index (χ1v) is 23.1. The average Bonchev–Trinajstić information content (AvgIpc) is 3.99. The van der Waals surface area contributed by atoms with Crippen molar-refractivity contribution in [3.63, 3.8) is 0 Å².